The Hall–Kier alpha value is -3.14. The fourth-order valence-corrected chi connectivity index (χ4v) is 4.95. The summed E-state index contributed by atoms with van der Waals surface area (Å²) in [5.74, 6) is -0.748. The van der Waals surface area contributed by atoms with E-state index in [0.29, 0.717) is 12.8 Å². The molecular formula is C44H70O4. The molecule has 0 saturated carbocycles. The smallest absolute Gasteiger partial charge is 0.306 e. The quantitative estimate of drug-likeness (QED) is 0.0807. The van der Waals surface area contributed by atoms with Gasteiger partial charge in [0, 0.05) is 12.8 Å². The van der Waals surface area contributed by atoms with Crippen molar-refractivity contribution in [3.05, 3.63) is 93.2 Å². The molecule has 0 aromatic rings. The third-order valence-electron chi connectivity index (χ3n) is 7.80. The fourth-order valence-electron chi connectivity index (χ4n) is 4.95. The SMILES string of the molecule is CC(C)=CCC/C(C)=C/CC(/C=C(\C)CCC=C(C)C)OC(=O)CCC(=O)OC(/C=C(\C)CCC=C(C)C)C/C=C(\C)CCC=C(C)C. The van der Waals surface area contributed by atoms with Crippen LogP contribution in [0.25, 0.3) is 0 Å². The lowest BCUT2D eigenvalue weighted by molar-refractivity contribution is -0.153. The summed E-state index contributed by atoms with van der Waals surface area (Å²) in [6.45, 7) is 25.3. The molecule has 0 radical (unpaired) electrons. The number of rotatable bonds is 23. The van der Waals surface area contributed by atoms with Crippen molar-refractivity contribution in [3.63, 3.8) is 0 Å². The highest BCUT2D eigenvalue weighted by molar-refractivity contribution is 5.78. The predicted molar refractivity (Wildman–Crippen MR) is 208 cm³/mol. The van der Waals surface area contributed by atoms with E-state index in [4.69, 9.17) is 9.47 Å². The zero-order valence-corrected chi connectivity index (χ0v) is 32.9. The third-order valence-corrected chi connectivity index (χ3v) is 7.80. The number of hydrogen-bond acceptors (Lipinski definition) is 4. The minimum atomic E-state index is -0.374. The highest BCUT2D eigenvalue weighted by atomic mass is 16.5. The van der Waals surface area contributed by atoms with Gasteiger partial charge in [-0.3, -0.25) is 9.59 Å². The van der Waals surface area contributed by atoms with Crippen LogP contribution in [0.1, 0.15) is 160 Å². The lowest BCUT2D eigenvalue weighted by Gasteiger charge is -2.17. The first kappa shape index (κ1) is 44.9. The first-order valence-corrected chi connectivity index (χ1v) is 18.2. The maximum absolute atomic E-state index is 13.0. The largest absolute Gasteiger partial charge is 0.458 e. The van der Waals surface area contributed by atoms with Crippen LogP contribution in [-0.4, -0.2) is 24.1 Å². The Balaban J connectivity index is 5.55. The molecule has 0 saturated heterocycles. The lowest BCUT2D eigenvalue weighted by atomic mass is 10.0. The van der Waals surface area contributed by atoms with Gasteiger partial charge in [0.25, 0.3) is 0 Å². The van der Waals surface area contributed by atoms with Crippen molar-refractivity contribution >= 4 is 11.9 Å². The molecule has 2 atom stereocenters. The standard InChI is InChI=1S/C44H70O4/c1-33(2)17-13-21-37(9)25-27-41(31-39(11)23-15-19-35(5)6)47-43(45)29-30-44(46)48-42(32-40(12)24-16-20-36(7)8)28-26-38(10)22-14-18-34(3)4/h17-20,25-26,31-32,41-42H,13-16,21-24,27-30H2,1-12H3/b37-25+,38-26+,39-31+,40-32+. The van der Waals surface area contributed by atoms with Crippen LogP contribution in [0.2, 0.25) is 0 Å². The maximum Gasteiger partial charge on any atom is 0.306 e. The topological polar surface area (TPSA) is 52.6 Å². The number of hydrogen-bond donors (Lipinski definition) is 0. The first-order chi connectivity index (χ1) is 22.6. The van der Waals surface area contributed by atoms with Gasteiger partial charge in [0.05, 0.1) is 12.8 Å². The Bertz CT molecular complexity index is 1120. The highest BCUT2D eigenvalue weighted by Gasteiger charge is 2.17. The Morgan fingerprint density at radius 1 is 0.396 bits per heavy atom. The van der Waals surface area contributed by atoms with Crippen LogP contribution in [0.15, 0.2) is 93.2 Å². The minimum absolute atomic E-state index is 0.00316. The van der Waals surface area contributed by atoms with Gasteiger partial charge in [0.15, 0.2) is 0 Å². The zero-order valence-electron chi connectivity index (χ0n) is 32.9. The monoisotopic (exact) mass is 663 g/mol. The van der Waals surface area contributed by atoms with E-state index >= 15 is 0 Å². The summed E-state index contributed by atoms with van der Waals surface area (Å²) in [6, 6.07) is 0. The van der Waals surface area contributed by atoms with Gasteiger partial charge in [-0.05, 0) is 147 Å². The van der Waals surface area contributed by atoms with Gasteiger partial charge in [-0.15, -0.1) is 0 Å². The van der Waals surface area contributed by atoms with Gasteiger partial charge in [0.1, 0.15) is 12.2 Å². The summed E-state index contributed by atoms with van der Waals surface area (Å²) in [5, 5.41) is 0. The van der Waals surface area contributed by atoms with Crippen molar-refractivity contribution in [2.75, 3.05) is 0 Å². The number of carbonyl (C=O) groups is 2. The molecule has 0 spiro atoms. The van der Waals surface area contributed by atoms with Gasteiger partial charge in [-0.1, -0.05) is 81.0 Å². The van der Waals surface area contributed by atoms with Crippen LogP contribution in [0.5, 0.6) is 0 Å². The van der Waals surface area contributed by atoms with Crippen molar-refractivity contribution in [2.45, 2.75) is 172 Å². The summed E-state index contributed by atoms with van der Waals surface area (Å²) in [5.41, 5.74) is 10.2. The van der Waals surface area contributed by atoms with E-state index in [0.717, 1.165) is 51.4 Å². The molecule has 0 heterocycles. The van der Waals surface area contributed by atoms with Crippen LogP contribution in [0.3, 0.4) is 0 Å². The average Bonchev–Trinajstić information content (AvgIpc) is 2.96. The highest BCUT2D eigenvalue weighted by Crippen LogP contribution is 2.18. The second-order valence-electron chi connectivity index (χ2n) is 14.4. The third kappa shape index (κ3) is 27.9. The number of allylic oxidation sites excluding steroid dienone is 12. The molecule has 0 amide bonds. The summed E-state index contributed by atoms with van der Waals surface area (Å²) in [6.07, 6.45) is 25.7. The fraction of sp³-hybridized carbons (Fsp3) is 0.591. The Morgan fingerprint density at radius 3 is 0.938 bits per heavy atom. The molecule has 0 aliphatic carbocycles. The Morgan fingerprint density at radius 2 is 0.667 bits per heavy atom. The van der Waals surface area contributed by atoms with Crippen molar-refractivity contribution in [2.24, 2.45) is 0 Å². The Labute approximate surface area is 295 Å². The van der Waals surface area contributed by atoms with Crippen LogP contribution >= 0.6 is 0 Å². The number of ether oxygens (including phenoxy) is 2. The second kappa shape index (κ2) is 26.8. The molecule has 4 heteroatoms. The summed E-state index contributed by atoms with van der Waals surface area (Å²) in [7, 11) is 0. The molecule has 0 aromatic heterocycles. The molecule has 2 unspecified atom stereocenters. The summed E-state index contributed by atoms with van der Waals surface area (Å²) < 4.78 is 11.9. The number of esters is 2. The van der Waals surface area contributed by atoms with Gasteiger partial charge in [-0.25, -0.2) is 0 Å². The molecule has 0 aromatic carbocycles. The van der Waals surface area contributed by atoms with E-state index in [2.05, 4.69) is 132 Å². The van der Waals surface area contributed by atoms with Crippen LogP contribution < -0.4 is 0 Å². The molecule has 0 aliphatic rings. The molecule has 0 N–H and O–H groups in total. The van der Waals surface area contributed by atoms with E-state index < -0.39 is 0 Å². The minimum Gasteiger partial charge on any atom is -0.458 e. The van der Waals surface area contributed by atoms with Crippen LogP contribution in [0, 0.1) is 0 Å². The van der Waals surface area contributed by atoms with E-state index in [1.54, 1.807) is 0 Å². The molecule has 48 heavy (non-hydrogen) atoms. The molecule has 0 bridgehead atoms. The van der Waals surface area contributed by atoms with Gasteiger partial charge in [0.2, 0.25) is 0 Å². The van der Waals surface area contributed by atoms with Gasteiger partial charge < -0.3 is 9.47 Å². The summed E-state index contributed by atoms with van der Waals surface area (Å²) in [4.78, 5) is 26.0. The lowest BCUT2D eigenvalue weighted by Crippen LogP contribution is -2.20. The summed E-state index contributed by atoms with van der Waals surface area (Å²) >= 11 is 0. The molecule has 270 valence electrons. The average molecular weight is 663 g/mol. The molecule has 0 rings (SSSR count). The number of carbonyl (C=O) groups excluding carboxylic acids is 2. The Kier molecular flexibility index (Phi) is 25.0. The zero-order chi connectivity index (χ0) is 36.5. The van der Waals surface area contributed by atoms with Crippen molar-refractivity contribution in [3.8, 4) is 0 Å². The van der Waals surface area contributed by atoms with Crippen LogP contribution in [0.4, 0.5) is 0 Å². The van der Waals surface area contributed by atoms with E-state index in [-0.39, 0.29) is 37.0 Å². The van der Waals surface area contributed by atoms with Gasteiger partial charge >= 0.3 is 11.9 Å². The predicted octanol–water partition coefficient (Wildman–Crippen LogP) is 13.1. The normalized spacial score (nSPS) is 13.7. The first-order valence-electron chi connectivity index (χ1n) is 18.2. The molecular weight excluding hydrogens is 592 g/mol. The van der Waals surface area contributed by atoms with E-state index in [9.17, 15) is 9.59 Å². The van der Waals surface area contributed by atoms with Gasteiger partial charge in [-0.2, -0.15) is 0 Å². The van der Waals surface area contributed by atoms with Crippen molar-refractivity contribution in [1.29, 1.82) is 0 Å². The second-order valence-corrected chi connectivity index (χ2v) is 14.4. The maximum atomic E-state index is 13.0. The van der Waals surface area contributed by atoms with Crippen molar-refractivity contribution in [1.82, 2.24) is 0 Å². The molecule has 4 nitrogen and oxygen atoms in total. The molecule has 0 aliphatic heterocycles. The van der Waals surface area contributed by atoms with E-state index in [1.165, 1.54) is 44.6 Å². The van der Waals surface area contributed by atoms with Crippen molar-refractivity contribution < 1.29 is 19.1 Å². The van der Waals surface area contributed by atoms with Crippen LogP contribution in [-0.2, 0) is 19.1 Å². The van der Waals surface area contributed by atoms with E-state index in [1.807, 2.05) is 0 Å². The molecule has 0 fully saturated rings.